The zero-order valence-corrected chi connectivity index (χ0v) is 21.7. The highest BCUT2D eigenvalue weighted by atomic mass is 35.5. The Labute approximate surface area is 244 Å². The highest BCUT2D eigenvalue weighted by molar-refractivity contribution is 6.35. The Morgan fingerprint density at radius 1 is 1.18 bits per heavy atom. The molecule has 2 aromatic carbocycles. The van der Waals surface area contributed by atoms with E-state index in [1.54, 1.807) is 47.3 Å². The predicted octanol–water partition coefficient (Wildman–Crippen LogP) is 6.99. The smallest absolute Gasteiger partial charge is 0.212 e. The van der Waals surface area contributed by atoms with E-state index in [0.29, 0.717) is 5.56 Å². The van der Waals surface area contributed by atoms with Crippen LogP contribution in [0.2, 0.25) is 5.02 Å². The number of halogens is 2. The number of nitriles is 1. The molecule has 0 saturated heterocycles. The van der Waals surface area contributed by atoms with E-state index in [9.17, 15) is 11.0 Å². The van der Waals surface area contributed by atoms with Gasteiger partial charge in [-0.1, -0.05) is 60.1 Å². The lowest BCUT2D eigenvalue weighted by Crippen LogP contribution is -2.14. The molecule has 2 atom stereocenters. The molecule has 200 valence electrons. The second-order valence-electron chi connectivity index (χ2n) is 9.33. The topological polar surface area (TPSA) is 104 Å². The van der Waals surface area contributed by atoms with E-state index < -0.39 is 31.2 Å². The van der Waals surface area contributed by atoms with Gasteiger partial charge in [0.15, 0.2) is 0 Å². The lowest BCUT2D eigenvalue weighted by Gasteiger charge is -2.22. The molecule has 0 spiro atoms. The number of nitrogens with zero attached hydrogens (tertiary/aromatic N) is 6. The summed E-state index contributed by atoms with van der Waals surface area (Å²) in [7, 11) is 0. The van der Waals surface area contributed by atoms with E-state index in [1.165, 1.54) is 24.5 Å². The predicted molar refractivity (Wildman–Crippen MR) is 153 cm³/mol. The third-order valence-corrected chi connectivity index (χ3v) is 6.87. The van der Waals surface area contributed by atoms with Crippen LogP contribution >= 0.6 is 11.6 Å². The van der Waals surface area contributed by atoms with Crippen molar-refractivity contribution < 1.29 is 12.6 Å². The molecular weight excluding hydrogens is 527 g/mol. The number of nitrogens with one attached hydrogen (secondary N) is 2. The molecule has 0 amide bonds. The molecule has 0 radical (unpaired) electrons. The summed E-state index contributed by atoms with van der Waals surface area (Å²) in [5.41, 5.74) is 1.42. The van der Waals surface area contributed by atoms with Gasteiger partial charge < -0.3 is 10.6 Å². The van der Waals surface area contributed by atoms with E-state index in [-0.39, 0.29) is 50.2 Å². The molecule has 2 N–H and O–H groups in total. The number of pyridine rings is 2. The second-order valence-corrected chi connectivity index (χ2v) is 9.74. The van der Waals surface area contributed by atoms with Gasteiger partial charge in [-0.3, -0.25) is 4.98 Å². The maximum Gasteiger partial charge on any atom is 0.212 e. The normalized spacial score (nSPS) is 18.1. The summed E-state index contributed by atoms with van der Waals surface area (Å²) in [6.45, 7) is -3.04. The summed E-state index contributed by atoms with van der Waals surface area (Å²) in [6, 6.07) is 12.8. The van der Waals surface area contributed by atoms with Gasteiger partial charge in [0, 0.05) is 30.3 Å². The summed E-state index contributed by atoms with van der Waals surface area (Å²) >= 11 is 6.71. The number of hydrogen-bond donors (Lipinski definition) is 2. The Morgan fingerprint density at radius 2 is 2.02 bits per heavy atom. The highest BCUT2D eigenvalue weighted by Gasteiger charge is 2.27. The Hall–Kier alpha value is -4.55. The van der Waals surface area contributed by atoms with Crippen molar-refractivity contribution in [1.29, 1.82) is 5.26 Å². The van der Waals surface area contributed by atoms with Crippen molar-refractivity contribution in [1.82, 2.24) is 25.0 Å². The molecule has 3 heterocycles. The van der Waals surface area contributed by atoms with Crippen LogP contribution in [0.4, 0.5) is 15.8 Å². The molecule has 10 heteroatoms. The Morgan fingerprint density at radius 3 is 2.75 bits per heavy atom. The molecule has 1 aliphatic carbocycles. The van der Waals surface area contributed by atoms with Gasteiger partial charge in [0.25, 0.3) is 0 Å². The van der Waals surface area contributed by atoms with Crippen molar-refractivity contribution in [3.8, 4) is 6.07 Å². The van der Waals surface area contributed by atoms with Crippen LogP contribution in [0.1, 0.15) is 74.8 Å². The highest BCUT2D eigenvalue weighted by Crippen LogP contribution is 2.38. The molecule has 1 aliphatic rings. The van der Waals surface area contributed by atoms with E-state index in [4.69, 9.17) is 18.5 Å². The van der Waals surface area contributed by atoms with Crippen LogP contribution in [0, 0.1) is 17.3 Å². The second kappa shape index (κ2) is 10.9. The molecule has 1 saturated carbocycles. The number of anilines is 2. The minimum absolute atomic E-state index is 0.00948. The van der Waals surface area contributed by atoms with Crippen molar-refractivity contribution in [3.63, 3.8) is 0 Å². The van der Waals surface area contributed by atoms with Gasteiger partial charge in [-0.15, -0.1) is 5.10 Å². The van der Waals surface area contributed by atoms with Crippen molar-refractivity contribution in [2.24, 2.45) is 0 Å². The molecule has 8 nitrogen and oxygen atoms in total. The van der Waals surface area contributed by atoms with Crippen LogP contribution in [0.5, 0.6) is 0 Å². The monoisotopic (exact) mass is 558 g/mol. The summed E-state index contributed by atoms with van der Waals surface area (Å²) in [4.78, 5) is 8.08. The first kappa shape index (κ1) is 19.5. The number of rotatable bonds is 9. The fourth-order valence-corrected chi connectivity index (χ4v) is 4.69. The Kier molecular flexibility index (Phi) is 5.32. The van der Waals surface area contributed by atoms with Crippen molar-refractivity contribution >= 4 is 33.9 Å². The van der Waals surface area contributed by atoms with Crippen LogP contribution < -0.4 is 10.6 Å². The fraction of sp³-hybridized carbons (Fsp3) is 0.233. The van der Waals surface area contributed by atoms with Gasteiger partial charge in [-0.2, -0.15) is 9.65 Å². The zero-order chi connectivity index (χ0) is 32.9. The number of aromatic nitrogens is 5. The quantitative estimate of drug-likeness (QED) is 0.188. The van der Waals surface area contributed by atoms with Crippen molar-refractivity contribution in [2.45, 2.75) is 44.2 Å². The van der Waals surface area contributed by atoms with Gasteiger partial charge in [-0.05, 0) is 48.5 Å². The van der Waals surface area contributed by atoms with E-state index in [1.807, 2.05) is 6.07 Å². The van der Waals surface area contributed by atoms with Gasteiger partial charge >= 0.3 is 0 Å². The fourth-order valence-electron chi connectivity index (χ4n) is 4.43. The minimum Gasteiger partial charge on any atom is -0.377 e. The first-order valence-electron chi connectivity index (χ1n) is 15.5. The lowest BCUT2D eigenvalue weighted by atomic mass is 10.0. The third-order valence-electron chi connectivity index (χ3n) is 6.58. The number of hydrogen-bond acceptors (Lipinski definition) is 7. The maximum atomic E-state index is 13.8. The first-order valence-corrected chi connectivity index (χ1v) is 12.9. The molecule has 0 bridgehead atoms. The summed E-state index contributed by atoms with van der Waals surface area (Å²) in [5, 5.41) is 25.0. The van der Waals surface area contributed by atoms with Crippen molar-refractivity contribution in [3.05, 3.63) is 107 Å². The summed E-state index contributed by atoms with van der Waals surface area (Å²) < 4.78 is 66.2. The van der Waals surface area contributed by atoms with Crippen LogP contribution in [-0.2, 0) is 0 Å². The Balaban J connectivity index is 1.50. The zero-order valence-electron chi connectivity index (χ0n) is 26.9. The van der Waals surface area contributed by atoms with Crippen LogP contribution in [0.25, 0.3) is 10.9 Å². The average Bonchev–Trinajstić information content (AvgIpc) is 3.75. The van der Waals surface area contributed by atoms with Crippen LogP contribution in [-0.4, -0.2) is 25.0 Å². The average molecular weight is 559 g/mol. The molecule has 0 unspecified atom stereocenters. The van der Waals surface area contributed by atoms with E-state index >= 15 is 0 Å². The number of benzene rings is 2. The largest absolute Gasteiger partial charge is 0.377 e. The molecule has 6 rings (SSSR count). The maximum absolute atomic E-state index is 13.8. The van der Waals surface area contributed by atoms with Crippen LogP contribution in [0.15, 0.2) is 73.2 Å². The molecule has 40 heavy (non-hydrogen) atoms. The van der Waals surface area contributed by atoms with E-state index in [2.05, 4.69) is 30.9 Å². The minimum atomic E-state index is -3.04. The molecule has 0 aliphatic heterocycles. The number of fused-ring (bicyclic) bond motifs is 1. The SMILES string of the molecule is [2H]C([2H])([2H])C([2H])([2H])[C@@H](Nc1c(C#N)cnc2c(Cl)cc(N[C@@]([2H])(c3ccc(F)nc3)c3cn(C4CC4)nn3)cc12)c1ccccc1. The molecule has 1 fully saturated rings. The molecule has 3 aromatic heterocycles. The van der Waals surface area contributed by atoms with Gasteiger partial charge in [0.1, 0.15) is 11.8 Å². The molecular formula is C30H26ClFN8. The van der Waals surface area contributed by atoms with Gasteiger partial charge in [0.2, 0.25) is 5.95 Å². The lowest BCUT2D eigenvalue weighted by molar-refractivity contribution is 0.581. The van der Waals surface area contributed by atoms with Crippen molar-refractivity contribution in [2.75, 3.05) is 10.6 Å². The standard InChI is InChI=1S/C30H26ClFN8/c1-2-25(18-6-4-3-5-7-18)37-28-20(14-33)16-35-30-23(28)12-21(13-24(30)31)36-29(19-8-11-27(32)34-15-19)26-17-40(39-38-26)22-9-10-22/h3-8,11-13,15-17,22,25,29,36H,2,9-10H2,1H3,(H,35,37)/t25-,29+/m1/s1/i1D3,2D2,29D. The van der Waals surface area contributed by atoms with Crippen LogP contribution in [0.3, 0.4) is 0 Å². The summed E-state index contributed by atoms with van der Waals surface area (Å²) in [6.07, 6.45) is 3.23. The Bertz CT molecular complexity index is 1940. The third kappa shape index (κ3) is 5.18. The first-order chi connectivity index (χ1) is 21.8. The summed E-state index contributed by atoms with van der Waals surface area (Å²) in [5.74, 6) is -0.725. The van der Waals surface area contributed by atoms with E-state index in [0.717, 1.165) is 18.9 Å². The molecule has 5 aromatic rings. The van der Waals surface area contributed by atoms with Gasteiger partial charge in [0.05, 0.1) is 47.5 Å². The van der Waals surface area contributed by atoms with Gasteiger partial charge in [-0.25, -0.2) is 9.67 Å².